The Morgan fingerprint density at radius 1 is 1.28 bits per heavy atom. The van der Waals surface area contributed by atoms with Crippen molar-refractivity contribution in [3.8, 4) is 5.75 Å². The van der Waals surface area contributed by atoms with Gasteiger partial charge >= 0.3 is 0 Å². The molecule has 0 saturated carbocycles. The molecule has 0 radical (unpaired) electrons. The topological polar surface area (TPSA) is 80.3 Å². The maximum absolute atomic E-state index is 12.7. The SMILES string of the molecule is Cc1nc2ccc(NC(=O)[C@]3(C)Oc4ccccc4NC3=O)cc2s1. The maximum Gasteiger partial charge on any atom is 0.278 e. The van der Waals surface area contributed by atoms with Crippen molar-refractivity contribution in [3.05, 3.63) is 47.5 Å². The Morgan fingerprint density at radius 3 is 2.92 bits per heavy atom. The zero-order chi connectivity index (χ0) is 17.6. The van der Waals surface area contributed by atoms with Crippen molar-refractivity contribution < 1.29 is 14.3 Å². The molecule has 0 unspecified atom stereocenters. The fourth-order valence-electron chi connectivity index (χ4n) is 2.68. The van der Waals surface area contributed by atoms with Crippen molar-refractivity contribution in [2.45, 2.75) is 19.4 Å². The van der Waals surface area contributed by atoms with E-state index in [-0.39, 0.29) is 0 Å². The van der Waals surface area contributed by atoms with E-state index < -0.39 is 17.4 Å². The Morgan fingerprint density at radius 2 is 2.08 bits per heavy atom. The summed E-state index contributed by atoms with van der Waals surface area (Å²) in [6, 6.07) is 12.5. The van der Waals surface area contributed by atoms with Gasteiger partial charge in [-0.3, -0.25) is 9.59 Å². The highest BCUT2D eigenvalue weighted by Crippen LogP contribution is 2.34. The summed E-state index contributed by atoms with van der Waals surface area (Å²) in [5, 5.41) is 6.44. The van der Waals surface area contributed by atoms with Crippen molar-refractivity contribution in [2.75, 3.05) is 10.6 Å². The van der Waals surface area contributed by atoms with Gasteiger partial charge in [0.25, 0.3) is 17.4 Å². The normalized spacial score (nSPS) is 19.0. The highest BCUT2D eigenvalue weighted by Gasteiger charge is 2.47. The van der Waals surface area contributed by atoms with Gasteiger partial charge < -0.3 is 15.4 Å². The molecule has 2 N–H and O–H groups in total. The summed E-state index contributed by atoms with van der Waals surface area (Å²) in [5.74, 6) is -0.563. The molecule has 0 aliphatic carbocycles. The van der Waals surface area contributed by atoms with Gasteiger partial charge in [0.15, 0.2) is 0 Å². The number of ether oxygens (including phenoxy) is 1. The third-order valence-electron chi connectivity index (χ3n) is 4.07. The van der Waals surface area contributed by atoms with Crippen LogP contribution in [0.2, 0.25) is 0 Å². The first-order valence-electron chi connectivity index (χ1n) is 7.74. The van der Waals surface area contributed by atoms with Gasteiger partial charge in [0.2, 0.25) is 0 Å². The summed E-state index contributed by atoms with van der Waals surface area (Å²) >= 11 is 1.55. The smallest absolute Gasteiger partial charge is 0.278 e. The van der Waals surface area contributed by atoms with E-state index in [0.717, 1.165) is 15.2 Å². The standard InChI is InChI=1S/C18H15N3O3S/c1-10-19-13-8-7-11(9-15(13)25-10)20-16(22)18(2)17(23)21-12-5-3-4-6-14(12)24-18/h3-9H,1-2H3,(H,20,22)(H,21,23)/t18-/m0/s1. The quantitative estimate of drug-likeness (QED) is 0.693. The van der Waals surface area contributed by atoms with Crippen LogP contribution in [-0.4, -0.2) is 22.4 Å². The molecular weight excluding hydrogens is 338 g/mol. The molecule has 2 amide bonds. The summed E-state index contributed by atoms with van der Waals surface area (Å²) in [5.41, 5.74) is 0.386. The monoisotopic (exact) mass is 353 g/mol. The number of rotatable bonds is 2. The number of carbonyl (C=O) groups excluding carboxylic acids is 2. The van der Waals surface area contributed by atoms with Crippen molar-refractivity contribution in [2.24, 2.45) is 0 Å². The van der Waals surface area contributed by atoms with Gasteiger partial charge in [0.1, 0.15) is 5.75 Å². The summed E-state index contributed by atoms with van der Waals surface area (Å²) in [4.78, 5) is 29.6. The van der Waals surface area contributed by atoms with Crippen LogP contribution in [0.5, 0.6) is 5.75 Å². The summed E-state index contributed by atoms with van der Waals surface area (Å²) < 4.78 is 6.70. The van der Waals surface area contributed by atoms with Crippen LogP contribution < -0.4 is 15.4 Å². The van der Waals surface area contributed by atoms with E-state index in [1.165, 1.54) is 6.92 Å². The number of hydrogen-bond donors (Lipinski definition) is 2. The van der Waals surface area contributed by atoms with Gasteiger partial charge in [-0.15, -0.1) is 11.3 Å². The van der Waals surface area contributed by atoms with E-state index in [1.54, 1.807) is 41.7 Å². The number of amides is 2. The van der Waals surface area contributed by atoms with Crippen molar-refractivity contribution in [1.82, 2.24) is 4.98 Å². The van der Waals surface area contributed by atoms with Gasteiger partial charge in [-0.25, -0.2) is 4.98 Å². The Bertz CT molecular complexity index is 1010. The Hall–Kier alpha value is -2.93. The molecule has 2 heterocycles. The fourth-order valence-corrected chi connectivity index (χ4v) is 3.55. The van der Waals surface area contributed by atoms with Crippen LogP contribution in [0.1, 0.15) is 11.9 Å². The third-order valence-corrected chi connectivity index (χ3v) is 5.00. The molecule has 2 aromatic carbocycles. The molecule has 1 aromatic heterocycles. The summed E-state index contributed by atoms with van der Waals surface area (Å²) in [6.07, 6.45) is 0. The second-order valence-corrected chi connectivity index (χ2v) is 7.19. The lowest BCUT2D eigenvalue weighted by molar-refractivity contribution is -0.143. The van der Waals surface area contributed by atoms with E-state index in [2.05, 4.69) is 15.6 Å². The number of nitrogens with zero attached hydrogens (tertiary/aromatic N) is 1. The number of hydrogen-bond acceptors (Lipinski definition) is 5. The van der Waals surface area contributed by atoms with Crippen LogP contribution in [-0.2, 0) is 9.59 Å². The molecule has 126 valence electrons. The maximum atomic E-state index is 12.7. The average Bonchev–Trinajstić information content (AvgIpc) is 2.95. The molecule has 1 aliphatic rings. The first-order chi connectivity index (χ1) is 12.0. The Kier molecular flexibility index (Phi) is 3.47. The number of anilines is 2. The first-order valence-corrected chi connectivity index (χ1v) is 8.55. The summed E-state index contributed by atoms with van der Waals surface area (Å²) in [6.45, 7) is 3.39. The van der Waals surface area contributed by atoms with Gasteiger partial charge in [-0.1, -0.05) is 12.1 Å². The fraction of sp³-hybridized carbons (Fsp3) is 0.167. The number of benzene rings is 2. The molecule has 1 aliphatic heterocycles. The zero-order valence-electron chi connectivity index (χ0n) is 13.6. The van der Waals surface area contributed by atoms with Crippen molar-refractivity contribution in [1.29, 1.82) is 0 Å². The summed E-state index contributed by atoms with van der Waals surface area (Å²) in [7, 11) is 0. The minimum absolute atomic E-state index is 0.466. The molecule has 0 spiro atoms. The van der Waals surface area contributed by atoms with Gasteiger partial charge in [0, 0.05) is 5.69 Å². The van der Waals surface area contributed by atoms with E-state index >= 15 is 0 Å². The van der Waals surface area contributed by atoms with Crippen LogP contribution in [0.3, 0.4) is 0 Å². The number of carbonyl (C=O) groups is 2. The molecule has 3 aromatic rings. The second-order valence-electron chi connectivity index (χ2n) is 5.96. The molecule has 25 heavy (non-hydrogen) atoms. The third kappa shape index (κ3) is 2.62. The van der Waals surface area contributed by atoms with Crippen LogP contribution in [0.4, 0.5) is 11.4 Å². The molecule has 7 heteroatoms. The van der Waals surface area contributed by atoms with Crippen LogP contribution in [0.15, 0.2) is 42.5 Å². The van der Waals surface area contributed by atoms with Crippen LogP contribution in [0.25, 0.3) is 10.2 Å². The van der Waals surface area contributed by atoms with E-state index in [0.29, 0.717) is 17.1 Å². The van der Waals surface area contributed by atoms with Gasteiger partial charge in [-0.05, 0) is 44.2 Å². The molecule has 0 fully saturated rings. The predicted octanol–water partition coefficient (Wildman–Crippen LogP) is 3.33. The lowest BCUT2D eigenvalue weighted by Gasteiger charge is -2.33. The number of nitrogens with one attached hydrogen (secondary N) is 2. The molecule has 0 bridgehead atoms. The molecule has 4 rings (SSSR count). The molecule has 0 saturated heterocycles. The Balaban J connectivity index is 1.62. The average molecular weight is 353 g/mol. The number of fused-ring (bicyclic) bond motifs is 2. The Labute approximate surface area is 147 Å². The lowest BCUT2D eigenvalue weighted by Crippen LogP contribution is -2.56. The highest BCUT2D eigenvalue weighted by molar-refractivity contribution is 7.18. The zero-order valence-corrected chi connectivity index (χ0v) is 14.4. The van der Waals surface area contributed by atoms with Gasteiger partial charge in [-0.2, -0.15) is 0 Å². The molecule has 6 nitrogen and oxygen atoms in total. The van der Waals surface area contributed by atoms with Crippen molar-refractivity contribution >= 4 is 44.7 Å². The number of para-hydroxylation sites is 2. The second kappa shape index (κ2) is 5.56. The minimum Gasteiger partial charge on any atom is -0.466 e. The minimum atomic E-state index is -1.65. The lowest BCUT2D eigenvalue weighted by atomic mass is 10.0. The molecular formula is C18H15N3O3S. The number of aromatic nitrogens is 1. The van der Waals surface area contributed by atoms with Crippen LogP contribution >= 0.6 is 11.3 Å². The van der Waals surface area contributed by atoms with E-state index in [1.807, 2.05) is 19.1 Å². The number of aryl methyl sites for hydroxylation is 1. The van der Waals surface area contributed by atoms with Crippen LogP contribution in [0, 0.1) is 6.92 Å². The van der Waals surface area contributed by atoms with E-state index in [9.17, 15) is 9.59 Å². The highest BCUT2D eigenvalue weighted by atomic mass is 32.1. The largest absolute Gasteiger partial charge is 0.466 e. The van der Waals surface area contributed by atoms with E-state index in [4.69, 9.17) is 4.74 Å². The first kappa shape index (κ1) is 15.6. The molecule has 1 atom stereocenters. The van der Waals surface area contributed by atoms with Gasteiger partial charge in [0.05, 0.1) is 20.9 Å². The van der Waals surface area contributed by atoms with Crippen molar-refractivity contribution in [3.63, 3.8) is 0 Å². The number of thiazole rings is 1. The predicted molar refractivity (Wildman–Crippen MR) is 97.1 cm³/mol.